The number of allylic oxidation sites excluding steroid dienone is 5. The number of hydrogen-bond acceptors (Lipinski definition) is 4. The molecule has 0 saturated carbocycles. The predicted molar refractivity (Wildman–Crippen MR) is 166 cm³/mol. The molecular formula is C34H38FN5. The predicted octanol–water partition coefficient (Wildman–Crippen LogP) is 8.43. The summed E-state index contributed by atoms with van der Waals surface area (Å²) >= 11 is 0. The van der Waals surface area contributed by atoms with Gasteiger partial charge in [-0.3, -0.25) is 4.98 Å². The molecule has 0 atom stereocenters. The summed E-state index contributed by atoms with van der Waals surface area (Å²) < 4.78 is 13.5. The van der Waals surface area contributed by atoms with E-state index in [4.69, 9.17) is 0 Å². The zero-order valence-corrected chi connectivity index (χ0v) is 24.0. The molecule has 0 saturated heterocycles. The van der Waals surface area contributed by atoms with Crippen LogP contribution in [0.25, 0.3) is 27.7 Å². The van der Waals surface area contributed by atoms with Crippen molar-refractivity contribution in [2.45, 2.75) is 40.5 Å². The molecule has 40 heavy (non-hydrogen) atoms. The number of benzene rings is 1. The highest BCUT2D eigenvalue weighted by Gasteiger charge is 2.14. The third-order valence-electron chi connectivity index (χ3n) is 6.55. The van der Waals surface area contributed by atoms with E-state index in [2.05, 4.69) is 77.7 Å². The summed E-state index contributed by atoms with van der Waals surface area (Å²) in [4.78, 5) is 12.5. The van der Waals surface area contributed by atoms with E-state index >= 15 is 0 Å². The Balaban J connectivity index is 1.63. The minimum Gasteiger partial charge on any atom is -0.388 e. The molecule has 0 unspecified atom stereocenters. The average molecular weight is 536 g/mol. The van der Waals surface area contributed by atoms with Crippen molar-refractivity contribution in [2.75, 3.05) is 12.4 Å². The first-order chi connectivity index (χ1) is 19.1. The van der Waals surface area contributed by atoms with Crippen molar-refractivity contribution in [3.63, 3.8) is 0 Å². The van der Waals surface area contributed by atoms with Crippen LogP contribution in [0.2, 0.25) is 0 Å². The first kappa shape index (κ1) is 28.6. The van der Waals surface area contributed by atoms with Gasteiger partial charge in [0, 0.05) is 53.9 Å². The van der Waals surface area contributed by atoms with Crippen molar-refractivity contribution in [1.29, 1.82) is 0 Å². The van der Waals surface area contributed by atoms with Gasteiger partial charge in [0.1, 0.15) is 11.5 Å². The van der Waals surface area contributed by atoms with Crippen LogP contribution in [0.15, 0.2) is 103 Å². The van der Waals surface area contributed by atoms with Crippen molar-refractivity contribution in [3.8, 4) is 11.1 Å². The molecule has 0 radical (unpaired) electrons. The molecule has 0 amide bonds. The number of H-pyrrole nitrogens is 1. The van der Waals surface area contributed by atoms with Gasteiger partial charge in [0.05, 0.1) is 11.9 Å². The molecule has 0 bridgehead atoms. The van der Waals surface area contributed by atoms with Crippen LogP contribution >= 0.6 is 0 Å². The number of nitrogens with one attached hydrogen (secondary N) is 3. The number of nitrogens with zero attached hydrogens (tertiary/aromatic N) is 2. The van der Waals surface area contributed by atoms with E-state index in [1.54, 1.807) is 24.5 Å². The molecule has 0 fully saturated rings. The lowest BCUT2D eigenvalue weighted by Gasteiger charge is -2.20. The Morgan fingerprint density at radius 2 is 1.82 bits per heavy atom. The quantitative estimate of drug-likeness (QED) is 0.178. The molecule has 0 aliphatic carbocycles. The van der Waals surface area contributed by atoms with Gasteiger partial charge in [-0.2, -0.15) is 0 Å². The van der Waals surface area contributed by atoms with Gasteiger partial charge < -0.3 is 15.6 Å². The minimum atomic E-state index is -0.254. The molecule has 1 aromatic carbocycles. The molecule has 3 heterocycles. The fourth-order valence-electron chi connectivity index (χ4n) is 4.84. The SMILES string of the molecule is C=C(CC(C)(C)C)Nc1cncc(C(=C)/C=C(Cc2cc3c(-c4ccc(F)cc4)ccnc3[nH]2)\C(=C/C)NC)c1. The van der Waals surface area contributed by atoms with E-state index in [1.165, 1.54) is 12.1 Å². The molecule has 3 N–H and O–H groups in total. The summed E-state index contributed by atoms with van der Waals surface area (Å²) in [5.74, 6) is -0.254. The summed E-state index contributed by atoms with van der Waals surface area (Å²) in [6, 6.07) is 12.7. The summed E-state index contributed by atoms with van der Waals surface area (Å²) in [5.41, 5.74) is 9.59. The maximum absolute atomic E-state index is 13.5. The second kappa shape index (κ2) is 12.2. The second-order valence-electron chi connectivity index (χ2n) is 11.2. The van der Waals surface area contributed by atoms with Gasteiger partial charge in [-0.1, -0.05) is 52.1 Å². The van der Waals surface area contributed by atoms with Crippen LogP contribution in [0, 0.1) is 11.2 Å². The monoisotopic (exact) mass is 535 g/mol. The molecule has 4 aromatic rings. The first-order valence-electron chi connectivity index (χ1n) is 13.4. The van der Waals surface area contributed by atoms with E-state index in [1.807, 2.05) is 32.3 Å². The summed E-state index contributed by atoms with van der Waals surface area (Å²) in [6.07, 6.45) is 11.0. The fraction of sp³-hybridized carbons (Fsp3) is 0.235. The van der Waals surface area contributed by atoms with Crippen molar-refractivity contribution >= 4 is 22.3 Å². The third-order valence-corrected chi connectivity index (χ3v) is 6.55. The summed E-state index contributed by atoms with van der Waals surface area (Å²) in [7, 11) is 1.91. The number of aromatic amines is 1. The van der Waals surface area contributed by atoms with Crippen molar-refractivity contribution in [3.05, 3.63) is 120 Å². The van der Waals surface area contributed by atoms with E-state index < -0.39 is 0 Å². The van der Waals surface area contributed by atoms with Crippen LogP contribution in [0.1, 0.15) is 45.4 Å². The van der Waals surface area contributed by atoms with Gasteiger partial charge in [0.25, 0.3) is 0 Å². The topological polar surface area (TPSA) is 65.6 Å². The molecule has 0 spiro atoms. The van der Waals surface area contributed by atoms with Gasteiger partial charge in [-0.15, -0.1) is 0 Å². The average Bonchev–Trinajstić information content (AvgIpc) is 3.31. The van der Waals surface area contributed by atoms with Gasteiger partial charge in [-0.25, -0.2) is 9.37 Å². The third kappa shape index (κ3) is 7.14. The van der Waals surface area contributed by atoms with Crippen LogP contribution in [0.4, 0.5) is 10.1 Å². The first-order valence-corrected chi connectivity index (χ1v) is 13.4. The van der Waals surface area contributed by atoms with Crippen molar-refractivity contribution in [2.24, 2.45) is 5.41 Å². The van der Waals surface area contributed by atoms with Crippen molar-refractivity contribution in [1.82, 2.24) is 20.3 Å². The van der Waals surface area contributed by atoms with Crippen LogP contribution in [0.3, 0.4) is 0 Å². The van der Waals surface area contributed by atoms with Gasteiger partial charge in [0.15, 0.2) is 0 Å². The van der Waals surface area contributed by atoms with E-state index in [0.29, 0.717) is 6.42 Å². The van der Waals surface area contributed by atoms with E-state index in [0.717, 1.165) is 68.1 Å². The lowest BCUT2D eigenvalue weighted by Crippen LogP contribution is -2.11. The Bertz CT molecular complexity index is 1580. The van der Waals surface area contributed by atoms with E-state index in [-0.39, 0.29) is 11.2 Å². The van der Waals surface area contributed by atoms with Crippen LogP contribution in [0.5, 0.6) is 0 Å². The number of rotatable bonds is 10. The number of fused-ring (bicyclic) bond motifs is 1. The highest BCUT2D eigenvalue weighted by atomic mass is 19.1. The largest absolute Gasteiger partial charge is 0.388 e. The Morgan fingerprint density at radius 1 is 1.07 bits per heavy atom. The molecule has 5 nitrogen and oxygen atoms in total. The van der Waals surface area contributed by atoms with Gasteiger partial charge >= 0.3 is 0 Å². The Labute approximate surface area is 236 Å². The Hall–Kier alpha value is -4.45. The number of aromatic nitrogens is 3. The van der Waals surface area contributed by atoms with Gasteiger partial charge in [-0.05, 0) is 77.4 Å². The minimum absolute atomic E-state index is 0.143. The normalized spacial score (nSPS) is 12.4. The number of hydrogen-bond donors (Lipinski definition) is 3. The van der Waals surface area contributed by atoms with E-state index in [9.17, 15) is 4.39 Å². The van der Waals surface area contributed by atoms with Crippen LogP contribution in [-0.2, 0) is 6.42 Å². The Morgan fingerprint density at radius 3 is 2.50 bits per heavy atom. The molecule has 206 valence electrons. The molecule has 6 heteroatoms. The molecular weight excluding hydrogens is 497 g/mol. The lowest BCUT2D eigenvalue weighted by molar-refractivity contribution is 0.411. The van der Waals surface area contributed by atoms with Gasteiger partial charge in [0.2, 0.25) is 0 Å². The van der Waals surface area contributed by atoms with Crippen LogP contribution in [-0.4, -0.2) is 22.0 Å². The molecule has 0 aliphatic rings. The number of likely N-dealkylation sites (N-methyl/N-ethyl adjacent to an activating group) is 1. The number of pyridine rings is 2. The molecule has 4 rings (SSSR count). The molecule has 0 aliphatic heterocycles. The summed E-state index contributed by atoms with van der Waals surface area (Å²) in [6.45, 7) is 17.1. The van der Waals surface area contributed by atoms with Crippen molar-refractivity contribution < 1.29 is 4.39 Å². The number of anilines is 1. The number of halogens is 1. The van der Waals surface area contributed by atoms with Crippen LogP contribution < -0.4 is 10.6 Å². The maximum Gasteiger partial charge on any atom is 0.138 e. The highest BCUT2D eigenvalue weighted by molar-refractivity contribution is 5.93. The maximum atomic E-state index is 13.5. The second-order valence-corrected chi connectivity index (χ2v) is 11.2. The zero-order chi connectivity index (χ0) is 28.9. The molecule has 3 aromatic heterocycles. The standard InChI is InChI=1S/C34H38FN5/c1-8-32(36-7)25(15-22(2)26-17-29(21-37-20-26)39-23(3)19-34(4,5)6)16-28-18-31-30(13-14-38-33(31)40-28)24-9-11-27(35)12-10-24/h8-15,17-18,20-21,36,39H,2-3,16,19H2,1,4-7H3,(H,38,40)/b25-15-,32-8+. The Kier molecular flexibility index (Phi) is 8.68. The fourth-order valence-corrected chi connectivity index (χ4v) is 4.84. The summed E-state index contributed by atoms with van der Waals surface area (Å²) in [5, 5.41) is 7.70. The smallest absolute Gasteiger partial charge is 0.138 e. The lowest BCUT2D eigenvalue weighted by atomic mass is 9.91. The zero-order valence-electron chi connectivity index (χ0n) is 24.0. The highest BCUT2D eigenvalue weighted by Crippen LogP contribution is 2.30.